The number of nitrogens with one attached hydrogen (secondary N) is 1. The molecule has 0 amide bonds. The molecule has 0 saturated carbocycles. The highest BCUT2D eigenvalue weighted by Crippen LogP contribution is 2.33. The number of aryl methyl sites for hydroxylation is 1. The molecule has 1 aliphatic rings. The summed E-state index contributed by atoms with van der Waals surface area (Å²) in [5, 5.41) is 7.59. The molecule has 0 atom stereocenters. The van der Waals surface area contributed by atoms with Crippen LogP contribution in [0.1, 0.15) is 17.7 Å². The summed E-state index contributed by atoms with van der Waals surface area (Å²) < 4.78 is 13.3. The van der Waals surface area contributed by atoms with E-state index >= 15 is 0 Å². The van der Waals surface area contributed by atoms with Gasteiger partial charge in [0, 0.05) is 30.3 Å². The molecule has 0 spiro atoms. The lowest BCUT2D eigenvalue weighted by atomic mass is 10.2. The van der Waals surface area contributed by atoms with Crippen LogP contribution < -0.4 is 14.8 Å². The van der Waals surface area contributed by atoms with Crippen molar-refractivity contribution in [2.45, 2.75) is 19.9 Å². The summed E-state index contributed by atoms with van der Waals surface area (Å²) in [5.41, 5.74) is 1.94. The molecular formula is C16H17N5O2. The van der Waals surface area contributed by atoms with E-state index in [1.54, 1.807) is 4.52 Å². The second-order valence-electron chi connectivity index (χ2n) is 5.40. The molecule has 0 saturated heterocycles. The van der Waals surface area contributed by atoms with E-state index in [1.807, 2.05) is 31.2 Å². The smallest absolute Gasteiger partial charge is 0.254 e. The molecule has 0 radical (unpaired) electrons. The minimum atomic E-state index is 0.582. The van der Waals surface area contributed by atoms with E-state index in [1.165, 1.54) is 6.33 Å². The van der Waals surface area contributed by atoms with Gasteiger partial charge in [0.25, 0.3) is 5.78 Å². The fourth-order valence-electron chi connectivity index (χ4n) is 2.64. The Morgan fingerprint density at radius 1 is 1.26 bits per heavy atom. The van der Waals surface area contributed by atoms with Crippen molar-refractivity contribution >= 4 is 11.6 Å². The third-order valence-electron chi connectivity index (χ3n) is 3.69. The Hall–Kier alpha value is -2.83. The molecular weight excluding hydrogens is 294 g/mol. The van der Waals surface area contributed by atoms with Crippen molar-refractivity contribution in [3.8, 4) is 11.5 Å². The molecule has 1 aliphatic heterocycles. The van der Waals surface area contributed by atoms with E-state index in [-0.39, 0.29) is 0 Å². The lowest BCUT2D eigenvalue weighted by Gasteiger charge is -2.14. The van der Waals surface area contributed by atoms with Crippen molar-refractivity contribution in [2.75, 3.05) is 18.5 Å². The number of fused-ring (bicyclic) bond motifs is 2. The first-order valence-electron chi connectivity index (χ1n) is 7.60. The molecule has 0 aliphatic carbocycles. The maximum absolute atomic E-state index is 5.85. The number of hydrogen-bond donors (Lipinski definition) is 1. The lowest BCUT2D eigenvalue weighted by Crippen LogP contribution is -2.08. The van der Waals surface area contributed by atoms with Gasteiger partial charge in [-0.25, -0.2) is 4.98 Å². The highest BCUT2D eigenvalue weighted by atomic mass is 16.5. The minimum absolute atomic E-state index is 0.582. The summed E-state index contributed by atoms with van der Waals surface area (Å²) in [7, 11) is 0. The molecule has 7 heteroatoms. The first kappa shape index (κ1) is 13.8. The van der Waals surface area contributed by atoms with Gasteiger partial charge in [-0.15, -0.1) is 0 Å². The van der Waals surface area contributed by atoms with Gasteiger partial charge in [0.2, 0.25) is 0 Å². The van der Waals surface area contributed by atoms with Crippen molar-refractivity contribution < 1.29 is 9.47 Å². The summed E-state index contributed by atoms with van der Waals surface area (Å²) in [5.74, 6) is 3.05. The van der Waals surface area contributed by atoms with E-state index < -0.39 is 0 Å². The Bertz CT molecular complexity index is 846. The van der Waals surface area contributed by atoms with Crippen LogP contribution in [0.2, 0.25) is 0 Å². The fourth-order valence-corrected chi connectivity index (χ4v) is 2.64. The SMILES string of the molecule is Cc1cc(NCc2cccc3c2OCCCO3)n2ncnc2n1. The number of para-hydroxylation sites is 1. The van der Waals surface area contributed by atoms with Crippen molar-refractivity contribution in [1.29, 1.82) is 0 Å². The summed E-state index contributed by atoms with van der Waals surface area (Å²) in [6, 6.07) is 7.90. The minimum Gasteiger partial charge on any atom is -0.490 e. The Balaban J connectivity index is 1.63. The molecule has 0 bridgehead atoms. The molecule has 4 rings (SSSR count). The molecule has 2 aromatic heterocycles. The van der Waals surface area contributed by atoms with Gasteiger partial charge in [0.15, 0.2) is 11.5 Å². The first-order chi connectivity index (χ1) is 11.3. The molecule has 118 valence electrons. The predicted octanol–water partition coefficient (Wildman–Crippen LogP) is 2.21. The van der Waals surface area contributed by atoms with Gasteiger partial charge in [0.05, 0.1) is 13.2 Å². The van der Waals surface area contributed by atoms with Crippen molar-refractivity contribution in [2.24, 2.45) is 0 Å². The van der Waals surface area contributed by atoms with Crippen LogP contribution in [0.3, 0.4) is 0 Å². The van der Waals surface area contributed by atoms with Crippen molar-refractivity contribution in [3.63, 3.8) is 0 Å². The van der Waals surface area contributed by atoms with E-state index in [4.69, 9.17) is 9.47 Å². The van der Waals surface area contributed by atoms with Gasteiger partial charge < -0.3 is 14.8 Å². The Morgan fingerprint density at radius 3 is 3.13 bits per heavy atom. The summed E-state index contributed by atoms with van der Waals surface area (Å²) >= 11 is 0. The maximum Gasteiger partial charge on any atom is 0.254 e. The number of nitrogens with zero attached hydrogens (tertiary/aromatic N) is 4. The highest BCUT2D eigenvalue weighted by molar-refractivity contribution is 5.50. The zero-order chi connectivity index (χ0) is 15.6. The molecule has 1 aromatic carbocycles. The van der Waals surface area contributed by atoms with Crippen LogP contribution in [-0.4, -0.2) is 32.8 Å². The van der Waals surface area contributed by atoms with Crippen LogP contribution in [0.25, 0.3) is 5.78 Å². The number of anilines is 1. The number of ether oxygens (including phenoxy) is 2. The summed E-state index contributed by atoms with van der Waals surface area (Å²) in [6.45, 7) is 3.90. The van der Waals surface area contributed by atoms with Crippen molar-refractivity contribution in [3.05, 3.63) is 41.9 Å². The van der Waals surface area contributed by atoms with Gasteiger partial charge >= 0.3 is 0 Å². The van der Waals surface area contributed by atoms with Crippen LogP contribution in [0.15, 0.2) is 30.6 Å². The zero-order valence-electron chi connectivity index (χ0n) is 12.8. The summed E-state index contributed by atoms with van der Waals surface area (Å²) in [4.78, 5) is 8.47. The fraction of sp³-hybridized carbons (Fsp3) is 0.312. The van der Waals surface area contributed by atoms with Crippen molar-refractivity contribution in [1.82, 2.24) is 19.6 Å². The van der Waals surface area contributed by atoms with Gasteiger partial charge in [-0.3, -0.25) is 0 Å². The van der Waals surface area contributed by atoms with Crippen LogP contribution in [0.5, 0.6) is 11.5 Å². The van der Waals surface area contributed by atoms with Gasteiger partial charge in [-0.05, 0) is 13.0 Å². The number of hydrogen-bond acceptors (Lipinski definition) is 6. The molecule has 1 N–H and O–H groups in total. The Morgan fingerprint density at radius 2 is 2.17 bits per heavy atom. The van der Waals surface area contributed by atoms with Crippen LogP contribution in [0.4, 0.5) is 5.82 Å². The maximum atomic E-state index is 5.85. The number of benzene rings is 1. The Labute approximate surface area is 133 Å². The molecule has 0 unspecified atom stereocenters. The molecule has 23 heavy (non-hydrogen) atoms. The highest BCUT2D eigenvalue weighted by Gasteiger charge is 2.14. The van der Waals surface area contributed by atoms with E-state index in [9.17, 15) is 0 Å². The monoisotopic (exact) mass is 311 g/mol. The average Bonchev–Trinajstić information content (AvgIpc) is 2.88. The topological polar surface area (TPSA) is 73.6 Å². The standard InChI is InChI=1S/C16H17N5O2/c1-11-8-14(21-16(20-11)18-10-19-21)17-9-12-4-2-5-13-15(12)23-7-3-6-22-13/h2,4-5,8,10,17H,3,6-7,9H2,1H3. The quantitative estimate of drug-likeness (QED) is 0.799. The van der Waals surface area contributed by atoms with Gasteiger partial charge in [-0.1, -0.05) is 12.1 Å². The Kier molecular flexibility index (Phi) is 3.45. The third kappa shape index (κ3) is 2.65. The third-order valence-corrected chi connectivity index (χ3v) is 3.69. The predicted molar refractivity (Wildman–Crippen MR) is 84.9 cm³/mol. The normalized spacial score (nSPS) is 13.8. The molecule has 3 aromatic rings. The number of aromatic nitrogens is 4. The second kappa shape index (κ2) is 5.75. The van der Waals surface area contributed by atoms with Crippen LogP contribution in [-0.2, 0) is 6.54 Å². The average molecular weight is 311 g/mol. The first-order valence-corrected chi connectivity index (χ1v) is 7.60. The largest absolute Gasteiger partial charge is 0.490 e. The van der Waals surface area contributed by atoms with Gasteiger partial charge in [-0.2, -0.15) is 14.6 Å². The van der Waals surface area contributed by atoms with E-state index in [0.29, 0.717) is 25.5 Å². The van der Waals surface area contributed by atoms with Crippen LogP contribution in [0, 0.1) is 6.92 Å². The lowest BCUT2D eigenvalue weighted by molar-refractivity contribution is 0.296. The van der Waals surface area contributed by atoms with E-state index in [2.05, 4.69) is 20.4 Å². The summed E-state index contributed by atoms with van der Waals surface area (Å²) in [6.07, 6.45) is 2.39. The number of rotatable bonds is 3. The zero-order valence-corrected chi connectivity index (χ0v) is 12.8. The van der Waals surface area contributed by atoms with Crippen LogP contribution >= 0.6 is 0 Å². The molecule has 7 nitrogen and oxygen atoms in total. The van der Waals surface area contributed by atoms with E-state index in [0.717, 1.165) is 35.0 Å². The second-order valence-corrected chi connectivity index (χ2v) is 5.40. The molecule has 0 fully saturated rings. The molecule has 3 heterocycles. The van der Waals surface area contributed by atoms with Gasteiger partial charge in [0.1, 0.15) is 12.1 Å².